The number of ether oxygens (including phenoxy) is 2. The zero-order valence-corrected chi connectivity index (χ0v) is 13.1. The number of para-hydroxylation sites is 2. The Labute approximate surface area is 126 Å². The molecule has 0 saturated carbocycles. The average molecular weight is 285 g/mol. The standard InChI is InChI=1S/C18H23NO2/c1-13-9-10-14(2)18(11-13)21-15(3)12-19-16-7-5-6-8-17(16)20-4/h5-11,15,19H,12H2,1-4H3. The number of hydrogen-bond donors (Lipinski definition) is 1. The molecule has 0 aliphatic rings. The quantitative estimate of drug-likeness (QED) is 0.863. The van der Waals surface area contributed by atoms with Crippen molar-refractivity contribution >= 4 is 5.69 Å². The molecule has 2 rings (SSSR count). The maximum atomic E-state index is 6.02. The molecule has 0 radical (unpaired) electrons. The van der Waals surface area contributed by atoms with Crippen LogP contribution in [-0.4, -0.2) is 19.8 Å². The molecule has 21 heavy (non-hydrogen) atoms. The van der Waals surface area contributed by atoms with Crippen LogP contribution < -0.4 is 14.8 Å². The SMILES string of the molecule is COc1ccccc1NCC(C)Oc1cc(C)ccc1C. The lowest BCUT2D eigenvalue weighted by Gasteiger charge is -2.19. The van der Waals surface area contributed by atoms with Gasteiger partial charge in [-0.25, -0.2) is 0 Å². The maximum absolute atomic E-state index is 6.02. The van der Waals surface area contributed by atoms with E-state index in [4.69, 9.17) is 9.47 Å². The fourth-order valence-corrected chi connectivity index (χ4v) is 2.14. The Bertz CT molecular complexity index is 596. The lowest BCUT2D eigenvalue weighted by atomic mass is 10.1. The minimum Gasteiger partial charge on any atom is -0.495 e. The van der Waals surface area contributed by atoms with E-state index in [1.54, 1.807) is 7.11 Å². The lowest BCUT2D eigenvalue weighted by Crippen LogP contribution is -2.23. The molecule has 0 fully saturated rings. The molecule has 0 aliphatic carbocycles. The summed E-state index contributed by atoms with van der Waals surface area (Å²) in [4.78, 5) is 0. The molecular weight excluding hydrogens is 262 g/mol. The number of rotatable bonds is 6. The van der Waals surface area contributed by atoms with Gasteiger partial charge < -0.3 is 14.8 Å². The predicted molar refractivity (Wildman–Crippen MR) is 87.5 cm³/mol. The number of hydrogen-bond acceptors (Lipinski definition) is 3. The molecule has 1 N–H and O–H groups in total. The normalized spacial score (nSPS) is 11.8. The Hall–Kier alpha value is -2.16. The number of anilines is 1. The minimum absolute atomic E-state index is 0.0652. The van der Waals surface area contributed by atoms with Gasteiger partial charge in [-0.2, -0.15) is 0 Å². The minimum atomic E-state index is 0.0652. The van der Waals surface area contributed by atoms with Crippen LogP contribution in [0.25, 0.3) is 0 Å². The van der Waals surface area contributed by atoms with Crippen LogP contribution in [-0.2, 0) is 0 Å². The summed E-state index contributed by atoms with van der Waals surface area (Å²) in [6, 6.07) is 14.2. The van der Waals surface area contributed by atoms with Crippen molar-refractivity contribution in [3.05, 3.63) is 53.6 Å². The van der Waals surface area contributed by atoms with E-state index in [-0.39, 0.29) is 6.10 Å². The molecule has 0 saturated heterocycles. The number of nitrogens with one attached hydrogen (secondary N) is 1. The zero-order chi connectivity index (χ0) is 15.2. The van der Waals surface area contributed by atoms with E-state index in [0.29, 0.717) is 6.54 Å². The second-order valence-corrected chi connectivity index (χ2v) is 5.28. The van der Waals surface area contributed by atoms with Crippen molar-refractivity contribution in [3.63, 3.8) is 0 Å². The summed E-state index contributed by atoms with van der Waals surface area (Å²) >= 11 is 0. The van der Waals surface area contributed by atoms with Crippen LogP contribution in [0.3, 0.4) is 0 Å². The van der Waals surface area contributed by atoms with Gasteiger partial charge in [-0.15, -0.1) is 0 Å². The molecule has 0 amide bonds. The third-order valence-electron chi connectivity index (χ3n) is 3.36. The average Bonchev–Trinajstić information content (AvgIpc) is 2.49. The van der Waals surface area contributed by atoms with E-state index in [1.807, 2.05) is 24.3 Å². The molecule has 0 aromatic heterocycles. The van der Waals surface area contributed by atoms with Gasteiger partial charge in [0.1, 0.15) is 17.6 Å². The monoisotopic (exact) mass is 285 g/mol. The van der Waals surface area contributed by atoms with Crippen LogP contribution in [0.5, 0.6) is 11.5 Å². The molecular formula is C18H23NO2. The molecule has 2 aromatic rings. The van der Waals surface area contributed by atoms with Gasteiger partial charge in [0.15, 0.2) is 0 Å². The van der Waals surface area contributed by atoms with Crippen molar-refractivity contribution in [1.82, 2.24) is 0 Å². The molecule has 3 nitrogen and oxygen atoms in total. The van der Waals surface area contributed by atoms with Gasteiger partial charge in [0.25, 0.3) is 0 Å². The first-order chi connectivity index (χ1) is 10.1. The zero-order valence-electron chi connectivity index (χ0n) is 13.1. The fourth-order valence-electron chi connectivity index (χ4n) is 2.14. The molecule has 0 bridgehead atoms. The number of methoxy groups -OCH3 is 1. The van der Waals surface area contributed by atoms with Crippen LogP contribution in [0.1, 0.15) is 18.1 Å². The first-order valence-corrected chi connectivity index (χ1v) is 7.21. The van der Waals surface area contributed by atoms with Crippen molar-refractivity contribution in [1.29, 1.82) is 0 Å². The van der Waals surface area contributed by atoms with Gasteiger partial charge in [0, 0.05) is 0 Å². The van der Waals surface area contributed by atoms with Crippen molar-refractivity contribution in [2.24, 2.45) is 0 Å². The molecule has 0 aliphatic heterocycles. The van der Waals surface area contributed by atoms with Gasteiger partial charge >= 0.3 is 0 Å². The van der Waals surface area contributed by atoms with Crippen molar-refractivity contribution in [2.75, 3.05) is 19.0 Å². The van der Waals surface area contributed by atoms with E-state index in [2.05, 4.69) is 44.3 Å². The van der Waals surface area contributed by atoms with E-state index >= 15 is 0 Å². The Kier molecular flexibility index (Phi) is 5.09. The summed E-state index contributed by atoms with van der Waals surface area (Å²) in [6.07, 6.45) is 0.0652. The Morgan fingerprint density at radius 3 is 2.57 bits per heavy atom. The Balaban J connectivity index is 1.96. The molecule has 1 unspecified atom stereocenters. The number of benzene rings is 2. The summed E-state index contributed by atoms with van der Waals surface area (Å²) in [5, 5.41) is 3.37. The summed E-state index contributed by atoms with van der Waals surface area (Å²) in [6.45, 7) is 6.91. The third-order valence-corrected chi connectivity index (χ3v) is 3.36. The summed E-state index contributed by atoms with van der Waals surface area (Å²) in [7, 11) is 1.68. The van der Waals surface area contributed by atoms with Gasteiger partial charge in [-0.1, -0.05) is 24.3 Å². The van der Waals surface area contributed by atoms with Crippen molar-refractivity contribution < 1.29 is 9.47 Å². The molecule has 112 valence electrons. The largest absolute Gasteiger partial charge is 0.495 e. The molecule has 0 heterocycles. The van der Waals surface area contributed by atoms with Gasteiger partial charge in [0.2, 0.25) is 0 Å². The highest BCUT2D eigenvalue weighted by atomic mass is 16.5. The summed E-state index contributed by atoms with van der Waals surface area (Å²) < 4.78 is 11.3. The van der Waals surface area contributed by atoms with Crippen LogP contribution in [0.2, 0.25) is 0 Å². The van der Waals surface area contributed by atoms with Crippen molar-refractivity contribution in [2.45, 2.75) is 26.9 Å². The van der Waals surface area contributed by atoms with Crippen LogP contribution in [0.15, 0.2) is 42.5 Å². The van der Waals surface area contributed by atoms with E-state index < -0.39 is 0 Å². The number of aryl methyl sites for hydroxylation is 2. The van der Waals surface area contributed by atoms with E-state index in [0.717, 1.165) is 22.7 Å². The second-order valence-electron chi connectivity index (χ2n) is 5.28. The molecule has 1 atom stereocenters. The molecule has 2 aromatic carbocycles. The van der Waals surface area contributed by atoms with E-state index in [1.165, 1.54) is 5.56 Å². The topological polar surface area (TPSA) is 30.5 Å². The maximum Gasteiger partial charge on any atom is 0.141 e. The van der Waals surface area contributed by atoms with E-state index in [9.17, 15) is 0 Å². The molecule has 3 heteroatoms. The fraction of sp³-hybridized carbons (Fsp3) is 0.333. The smallest absolute Gasteiger partial charge is 0.141 e. The van der Waals surface area contributed by atoms with Gasteiger partial charge in [0.05, 0.1) is 19.3 Å². The van der Waals surface area contributed by atoms with Crippen LogP contribution in [0, 0.1) is 13.8 Å². The predicted octanol–water partition coefficient (Wildman–Crippen LogP) is 4.19. The Morgan fingerprint density at radius 1 is 1.05 bits per heavy atom. The van der Waals surface area contributed by atoms with Gasteiger partial charge in [-0.3, -0.25) is 0 Å². The first-order valence-electron chi connectivity index (χ1n) is 7.21. The lowest BCUT2D eigenvalue weighted by molar-refractivity contribution is 0.233. The second kappa shape index (κ2) is 7.02. The van der Waals surface area contributed by atoms with Gasteiger partial charge in [-0.05, 0) is 50.1 Å². The van der Waals surface area contributed by atoms with Crippen molar-refractivity contribution in [3.8, 4) is 11.5 Å². The van der Waals surface area contributed by atoms with Crippen LogP contribution >= 0.6 is 0 Å². The Morgan fingerprint density at radius 2 is 1.81 bits per heavy atom. The van der Waals surface area contributed by atoms with Crippen LogP contribution in [0.4, 0.5) is 5.69 Å². The highest BCUT2D eigenvalue weighted by molar-refractivity contribution is 5.56. The molecule has 0 spiro atoms. The highest BCUT2D eigenvalue weighted by Gasteiger charge is 2.08. The summed E-state index contributed by atoms with van der Waals surface area (Å²) in [5.74, 6) is 1.79. The highest BCUT2D eigenvalue weighted by Crippen LogP contribution is 2.24. The third kappa shape index (κ3) is 4.15. The summed E-state index contributed by atoms with van der Waals surface area (Å²) in [5.41, 5.74) is 3.35. The first kappa shape index (κ1) is 15.2.